The fraction of sp³-hybridized carbons (Fsp3) is 0.636. The zero-order chi connectivity index (χ0) is 32.7. The van der Waals surface area contributed by atoms with Crippen molar-refractivity contribution < 1.29 is 24.2 Å². The maximum atomic E-state index is 13.8. The van der Waals surface area contributed by atoms with Crippen molar-refractivity contribution in [1.82, 2.24) is 20.5 Å². The van der Waals surface area contributed by atoms with Crippen molar-refractivity contribution in [2.45, 2.75) is 98.9 Å². The minimum Gasteiger partial charge on any atom is -0.436 e. The highest BCUT2D eigenvalue weighted by Gasteiger charge is 2.33. The predicted molar refractivity (Wildman–Crippen MR) is 186 cm³/mol. The number of hydrogen-bond acceptors (Lipinski definition) is 10. The number of thioether (sulfide) groups is 2. The van der Waals surface area contributed by atoms with E-state index in [0.717, 1.165) is 35.6 Å². The average Bonchev–Trinajstić information content (AvgIpc) is 3.58. The van der Waals surface area contributed by atoms with Gasteiger partial charge >= 0.3 is 6.09 Å². The number of hydrogen-bond donors (Lipinski definition) is 4. The van der Waals surface area contributed by atoms with Crippen molar-refractivity contribution in [3.05, 3.63) is 47.5 Å². The third-order valence-corrected chi connectivity index (χ3v) is 11.4. The van der Waals surface area contributed by atoms with E-state index in [1.807, 2.05) is 42.0 Å². The van der Waals surface area contributed by atoms with Crippen molar-refractivity contribution in [1.29, 1.82) is 0 Å². The SMILES string of the molecule is CSC[C@H](NC(=O)[C@H](Cc1ccccc1)OC(=O)N1CCC(N)CC1)C(=O)N[C@@H](CC1CCCCC1)[C@@H](O)CCSc1nccs1. The van der Waals surface area contributed by atoms with Gasteiger partial charge in [0.15, 0.2) is 6.10 Å². The molecule has 4 atom stereocenters. The molecule has 13 heteroatoms. The number of nitrogens with zero attached hydrogens (tertiary/aromatic N) is 2. The fourth-order valence-electron chi connectivity index (χ4n) is 6.04. The first-order valence-corrected chi connectivity index (χ1v) is 19.6. The Bertz CT molecular complexity index is 1190. The Balaban J connectivity index is 1.42. The second-order valence-corrected chi connectivity index (χ2v) is 15.4. The van der Waals surface area contributed by atoms with E-state index < -0.39 is 36.3 Å². The monoisotopic (exact) mass is 691 g/mol. The Morgan fingerprint density at radius 1 is 1.09 bits per heavy atom. The lowest BCUT2D eigenvalue weighted by atomic mass is 9.83. The van der Waals surface area contributed by atoms with E-state index in [1.54, 1.807) is 34.2 Å². The highest BCUT2D eigenvalue weighted by molar-refractivity contribution is 8.01. The van der Waals surface area contributed by atoms with E-state index in [-0.39, 0.29) is 18.4 Å². The number of piperidine rings is 1. The maximum absolute atomic E-state index is 13.8. The molecule has 0 bridgehead atoms. The van der Waals surface area contributed by atoms with E-state index in [0.29, 0.717) is 56.2 Å². The molecule has 2 aliphatic rings. The number of amides is 3. The van der Waals surface area contributed by atoms with Crippen LogP contribution in [0, 0.1) is 5.92 Å². The number of likely N-dealkylation sites (tertiary alicyclic amines) is 1. The van der Waals surface area contributed by atoms with Crippen LogP contribution in [0.2, 0.25) is 0 Å². The minimum absolute atomic E-state index is 0.0514. The largest absolute Gasteiger partial charge is 0.436 e. The Hall–Kier alpha value is -2.32. The second kappa shape index (κ2) is 19.5. The Kier molecular flexibility index (Phi) is 15.5. The van der Waals surface area contributed by atoms with Crippen LogP contribution in [-0.2, 0) is 20.7 Å². The molecule has 0 unspecified atom stereocenters. The van der Waals surface area contributed by atoms with Crippen LogP contribution in [0.1, 0.15) is 63.4 Å². The van der Waals surface area contributed by atoms with E-state index in [9.17, 15) is 19.5 Å². The first-order valence-electron chi connectivity index (χ1n) is 16.4. The van der Waals surface area contributed by atoms with Gasteiger partial charge in [0.05, 0.1) is 12.1 Å². The number of benzene rings is 1. The van der Waals surface area contributed by atoms with Crippen LogP contribution in [0.3, 0.4) is 0 Å². The number of ether oxygens (including phenoxy) is 1. The number of nitrogens with two attached hydrogens (primary N) is 1. The summed E-state index contributed by atoms with van der Waals surface area (Å²) in [6, 6.07) is 8.14. The summed E-state index contributed by atoms with van der Waals surface area (Å²) in [7, 11) is 0. The number of rotatable bonds is 16. The van der Waals surface area contributed by atoms with Crippen LogP contribution in [0.25, 0.3) is 0 Å². The molecule has 1 saturated carbocycles. The van der Waals surface area contributed by atoms with Crippen molar-refractivity contribution >= 4 is 52.8 Å². The topological polar surface area (TPSA) is 147 Å². The van der Waals surface area contributed by atoms with Crippen LogP contribution < -0.4 is 16.4 Å². The van der Waals surface area contributed by atoms with Gasteiger partial charge < -0.3 is 31.1 Å². The van der Waals surface area contributed by atoms with Gasteiger partial charge in [0.25, 0.3) is 5.91 Å². The highest BCUT2D eigenvalue weighted by Crippen LogP contribution is 2.29. The number of nitrogens with one attached hydrogen (secondary N) is 2. The van der Waals surface area contributed by atoms with Crippen molar-refractivity contribution in [3.8, 4) is 0 Å². The molecule has 1 aliphatic heterocycles. The van der Waals surface area contributed by atoms with Gasteiger partial charge in [-0.1, -0.05) is 74.2 Å². The number of carbonyl (C=O) groups excluding carboxylic acids is 3. The third-order valence-electron chi connectivity index (χ3n) is 8.72. The Labute approximate surface area is 285 Å². The van der Waals surface area contributed by atoms with Gasteiger partial charge in [-0.2, -0.15) is 11.8 Å². The standard InChI is InChI=1S/C33H49N5O5S3/c1-44-22-27(30(40)36-26(20-23-8-4-2-5-9-23)28(39)14-18-45-32-35-15-19-46-32)37-31(41)29(21-24-10-6-3-7-11-24)43-33(42)38-16-12-25(34)13-17-38/h3,6-7,10-11,15,19,23,25-29,39H,2,4-5,8-9,12-14,16-18,20-22,34H2,1H3,(H,36,40)(H,37,41)/t26-,27-,28-,29-/m0/s1. The fourth-order valence-corrected chi connectivity index (χ4v) is 8.32. The van der Waals surface area contributed by atoms with Crippen molar-refractivity contribution in [3.63, 3.8) is 0 Å². The van der Waals surface area contributed by atoms with Gasteiger partial charge in [-0.15, -0.1) is 11.3 Å². The van der Waals surface area contributed by atoms with Crippen molar-refractivity contribution in [2.75, 3.05) is 30.9 Å². The zero-order valence-corrected chi connectivity index (χ0v) is 29.1. The van der Waals surface area contributed by atoms with Gasteiger partial charge in [-0.3, -0.25) is 9.59 Å². The molecule has 1 aromatic heterocycles. The minimum atomic E-state index is -1.12. The third kappa shape index (κ3) is 12.0. The molecule has 1 aromatic carbocycles. The Morgan fingerprint density at radius 2 is 1.83 bits per heavy atom. The quantitative estimate of drug-likeness (QED) is 0.188. The lowest BCUT2D eigenvalue weighted by Gasteiger charge is -2.32. The lowest BCUT2D eigenvalue weighted by Crippen LogP contribution is -2.56. The van der Waals surface area contributed by atoms with Crippen LogP contribution in [0.15, 0.2) is 46.2 Å². The normalized spacial score (nSPS) is 18.7. The zero-order valence-electron chi connectivity index (χ0n) is 26.7. The molecule has 46 heavy (non-hydrogen) atoms. The van der Waals surface area contributed by atoms with Gasteiger partial charge in [0.1, 0.15) is 10.4 Å². The number of aliphatic hydroxyl groups is 1. The van der Waals surface area contributed by atoms with Gasteiger partial charge in [-0.05, 0) is 43.4 Å². The van der Waals surface area contributed by atoms with Crippen LogP contribution in [0.4, 0.5) is 4.79 Å². The number of aliphatic hydroxyl groups excluding tert-OH is 1. The van der Waals surface area contributed by atoms with E-state index >= 15 is 0 Å². The molecule has 2 fully saturated rings. The molecular weight excluding hydrogens is 643 g/mol. The van der Waals surface area contributed by atoms with Crippen molar-refractivity contribution in [2.24, 2.45) is 11.7 Å². The summed E-state index contributed by atoms with van der Waals surface area (Å²) in [5, 5.41) is 19.2. The molecule has 254 valence electrons. The van der Waals surface area contributed by atoms with Gasteiger partial charge in [0.2, 0.25) is 5.91 Å². The smallest absolute Gasteiger partial charge is 0.410 e. The molecule has 2 aromatic rings. The van der Waals surface area contributed by atoms with Gasteiger partial charge in [-0.25, -0.2) is 9.78 Å². The molecule has 4 rings (SSSR count). The molecule has 10 nitrogen and oxygen atoms in total. The first kappa shape index (κ1) is 36.5. The summed E-state index contributed by atoms with van der Waals surface area (Å²) < 4.78 is 6.75. The molecule has 1 saturated heterocycles. The van der Waals surface area contributed by atoms with Crippen LogP contribution in [0.5, 0.6) is 0 Å². The molecule has 0 radical (unpaired) electrons. The van der Waals surface area contributed by atoms with E-state index in [2.05, 4.69) is 15.6 Å². The maximum Gasteiger partial charge on any atom is 0.410 e. The second-order valence-electron chi connectivity index (χ2n) is 12.3. The molecular formula is C33H49N5O5S3. The highest BCUT2D eigenvalue weighted by atomic mass is 32.2. The lowest BCUT2D eigenvalue weighted by molar-refractivity contribution is -0.134. The molecule has 0 spiro atoms. The molecule has 5 N–H and O–H groups in total. The molecule has 3 amide bonds. The van der Waals surface area contributed by atoms with Gasteiger partial charge in [0, 0.05) is 48.6 Å². The number of aromatic nitrogens is 1. The summed E-state index contributed by atoms with van der Waals surface area (Å²) in [6.07, 6.45) is 9.72. The summed E-state index contributed by atoms with van der Waals surface area (Å²) in [5.41, 5.74) is 6.85. The summed E-state index contributed by atoms with van der Waals surface area (Å²) >= 11 is 4.61. The molecule has 2 heterocycles. The Morgan fingerprint density at radius 3 is 2.50 bits per heavy atom. The number of thiazole rings is 1. The summed E-state index contributed by atoms with van der Waals surface area (Å²) in [6.45, 7) is 0.953. The average molecular weight is 692 g/mol. The van der Waals surface area contributed by atoms with E-state index in [4.69, 9.17) is 10.5 Å². The summed E-state index contributed by atoms with van der Waals surface area (Å²) in [5.74, 6) is 0.591. The first-order chi connectivity index (χ1) is 22.3. The number of carbonyl (C=O) groups is 3. The van der Waals surface area contributed by atoms with Crippen LogP contribution >= 0.6 is 34.9 Å². The summed E-state index contributed by atoms with van der Waals surface area (Å²) in [4.78, 5) is 46.5. The van der Waals surface area contributed by atoms with Crippen LogP contribution in [-0.4, -0.2) is 94.1 Å². The van der Waals surface area contributed by atoms with E-state index in [1.165, 1.54) is 18.2 Å². The molecule has 1 aliphatic carbocycles. The predicted octanol–water partition coefficient (Wildman–Crippen LogP) is 4.46.